The lowest BCUT2D eigenvalue weighted by molar-refractivity contribution is -0.129. The third-order valence-corrected chi connectivity index (χ3v) is 4.93. The normalized spacial score (nSPS) is 22.7. The molecule has 0 radical (unpaired) electrons. The molecule has 2 aromatic rings. The quantitative estimate of drug-likeness (QED) is 0.909. The van der Waals surface area contributed by atoms with E-state index in [1.54, 1.807) is 24.7 Å². The highest BCUT2D eigenvalue weighted by Gasteiger charge is 2.47. The molecule has 1 saturated heterocycles. The molecular formula is C19H19N5O. The molecule has 6 heteroatoms. The Balaban J connectivity index is 1.57. The summed E-state index contributed by atoms with van der Waals surface area (Å²) in [5.41, 5.74) is 2.37. The summed E-state index contributed by atoms with van der Waals surface area (Å²) in [5, 5.41) is 12.5. The smallest absolute Gasteiger partial charge is 0.223 e. The molecule has 3 heterocycles. The number of anilines is 1. The van der Waals surface area contributed by atoms with E-state index in [1.165, 1.54) is 0 Å². The Kier molecular flexibility index (Phi) is 4.06. The van der Waals surface area contributed by atoms with Crippen LogP contribution in [0.5, 0.6) is 0 Å². The van der Waals surface area contributed by atoms with E-state index in [0.29, 0.717) is 24.6 Å². The number of likely N-dealkylation sites (tertiary alicyclic amines) is 1. The Hall–Kier alpha value is -2.94. The second-order valence-corrected chi connectivity index (χ2v) is 6.64. The molecule has 2 atom stereocenters. The Morgan fingerprint density at radius 2 is 2.08 bits per heavy atom. The van der Waals surface area contributed by atoms with Gasteiger partial charge in [0.05, 0.1) is 17.3 Å². The number of nitriles is 1. The van der Waals surface area contributed by atoms with Crippen LogP contribution in [-0.2, 0) is 4.79 Å². The van der Waals surface area contributed by atoms with Crippen molar-refractivity contribution in [1.82, 2.24) is 14.9 Å². The molecule has 25 heavy (non-hydrogen) atoms. The first-order valence-corrected chi connectivity index (χ1v) is 8.57. The van der Waals surface area contributed by atoms with Gasteiger partial charge in [0.25, 0.3) is 0 Å². The summed E-state index contributed by atoms with van der Waals surface area (Å²) in [6.07, 6.45) is 9.53. The van der Waals surface area contributed by atoms with Gasteiger partial charge in [0.15, 0.2) is 0 Å². The zero-order chi connectivity index (χ0) is 17.2. The second kappa shape index (κ2) is 6.52. The summed E-state index contributed by atoms with van der Waals surface area (Å²) in [4.78, 5) is 22.9. The third-order valence-electron chi connectivity index (χ3n) is 4.93. The molecule has 4 rings (SSSR count). The van der Waals surface area contributed by atoms with Gasteiger partial charge in [-0.15, -0.1) is 0 Å². The van der Waals surface area contributed by atoms with Crippen LogP contribution in [0.2, 0.25) is 0 Å². The number of carbonyl (C=O) groups is 1. The van der Waals surface area contributed by atoms with Gasteiger partial charge >= 0.3 is 0 Å². The molecule has 0 spiro atoms. The first-order valence-electron chi connectivity index (χ1n) is 8.57. The molecule has 1 saturated carbocycles. The molecule has 6 nitrogen and oxygen atoms in total. The van der Waals surface area contributed by atoms with Crippen molar-refractivity contribution in [3.8, 4) is 6.07 Å². The number of nitrogens with zero attached hydrogens (tertiary/aromatic N) is 4. The first-order chi connectivity index (χ1) is 12.3. The maximum atomic E-state index is 12.6. The van der Waals surface area contributed by atoms with Crippen LogP contribution in [-0.4, -0.2) is 33.4 Å². The molecule has 1 N–H and O–H groups in total. The van der Waals surface area contributed by atoms with Gasteiger partial charge < -0.3 is 10.2 Å². The van der Waals surface area contributed by atoms with Crippen LogP contribution < -0.4 is 5.32 Å². The van der Waals surface area contributed by atoms with Crippen LogP contribution in [0, 0.1) is 17.2 Å². The minimum atomic E-state index is 0.0496. The average Bonchev–Trinajstić information content (AvgIpc) is 3.44. The van der Waals surface area contributed by atoms with Crippen LogP contribution in [0.25, 0.3) is 0 Å². The summed E-state index contributed by atoms with van der Waals surface area (Å²) in [7, 11) is 0. The van der Waals surface area contributed by atoms with Gasteiger partial charge in [-0.1, -0.05) is 6.07 Å². The number of carbonyl (C=O) groups excluding carboxylic acids is 1. The van der Waals surface area contributed by atoms with E-state index in [-0.39, 0.29) is 17.9 Å². The Bertz CT molecular complexity index is 812. The third kappa shape index (κ3) is 3.05. The van der Waals surface area contributed by atoms with Crippen LogP contribution in [0.3, 0.4) is 0 Å². The number of hydrogen-bond acceptors (Lipinski definition) is 5. The Morgan fingerprint density at radius 1 is 1.24 bits per heavy atom. The second-order valence-electron chi connectivity index (χ2n) is 6.64. The van der Waals surface area contributed by atoms with Crippen molar-refractivity contribution in [1.29, 1.82) is 5.26 Å². The van der Waals surface area contributed by atoms with Gasteiger partial charge in [-0.05, 0) is 30.5 Å². The van der Waals surface area contributed by atoms with Crippen LogP contribution in [0.1, 0.15) is 36.4 Å². The van der Waals surface area contributed by atoms with Gasteiger partial charge in [-0.2, -0.15) is 5.26 Å². The van der Waals surface area contributed by atoms with Gasteiger partial charge in [0.2, 0.25) is 5.91 Å². The standard InChI is InChI=1S/C19H19N5O/c20-9-15-11-22-7-5-17(15)23-12-14-8-18(25)24(16-3-4-16)19(14)13-2-1-6-21-10-13/h1-2,5-7,10-11,14,16,19H,3-4,8,12H2,(H,22,23)/t14-,19-/m0/s1. The van der Waals surface area contributed by atoms with Crippen LogP contribution >= 0.6 is 0 Å². The fourth-order valence-corrected chi connectivity index (χ4v) is 3.65. The summed E-state index contributed by atoms with van der Waals surface area (Å²) < 4.78 is 0. The summed E-state index contributed by atoms with van der Waals surface area (Å²) in [5.74, 6) is 0.371. The summed E-state index contributed by atoms with van der Waals surface area (Å²) >= 11 is 0. The number of hydrogen-bond donors (Lipinski definition) is 1. The van der Waals surface area contributed by atoms with Gasteiger partial charge in [0.1, 0.15) is 6.07 Å². The van der Waals surface area contributed by atoms with Crippen molar-refractivity contribution >= 4 is 11.6 Å². The predicted molar refractivity (Wildman–Crippen MR) is 92.4 cm³/mol. The molecule has 1 amide bonds. The minimum Gasteiger partial charge on any atom is -0.383 e. The van der Waals surface area contributed by atoms with E-state index in [2.05, 4.69) is 26.3 Å². The lowest BCUT2D eigenvalue weighted by Gasteiger charge is -2.29. The number of nitrogens with one attached hydrogen (secondary N) is 1. The highest BCUT2D eigenvalue weighted by atomic mass is 16.2. The van der Waals surface area contributed by atoms with Gasteiger partial charge in [0, 0.05) is 49.7 Å². The van der Waals surface area contributed by atoms with Crippen LogP contribution in [0.15, 0.2) is 43.0 Å². The average molecular weight is 333 g/mol. The Labute approximate surface area is 146 Å². The van der Waals surface area contributed by atoms with E-state index in [1.807, 2.05) is 18.3 Å². The van der Waals surface area contributed by atoms with Gasteiger partial charge in [-0.25, -0.2) is 0 Å². The van der Waals surface area contributed by atoms with Crippen molar-refractivity contribution in [3.05, 3.63) is 54.1 Å². The molecule has 126 valence electrons. The zero-order valence-electron chi connectivity index (χ0n) is 13.8. The monoisotopic (exact) mass is 333 g/mol. The summed E-state index contributed by atoms with van der Waals surface area (Å²) in [6.45, 7) is 0.632. The molecule has 2 aromatic heterocycles. The molecule has 0 unspecified atom stereocenters. The topological polar surface area (TPSA) is 81.9 Å². The van der Waals surface area contributed by atoms with Crippen molar-refractivity contribution in [3.63, 3.8) is 0 Å². The zero-order valence-corrected chi connectivity index (χ0v) is 13.8. The van der Waals surface area contributed by atoms with Gasteiger partial charge in [-0.3, -0.25) is 14.8 Å². The number of aromatic nitrogens is 2. The summed E-state index contributed by atoms with van der Waals surface area (Å²) in [6, 6.07) is 8.34. The molecular weight excluding hydrogens is 314 g/mol. The lowest BCUT2D eigenvalue weighted by Crippen LogP contribution is -2.32. The van der Waals surface area contributed by atoms with Crippen molar-refractivity contribution in [2.75, 3.05) is 11.9 Å². The van der Waals surface area contributed by atoms with E-state index < -0.39 is 0 Å². The van der Waals surface area contributed by atoms with Crippen LogP contribution in [0.4, 0.5) is 5.69 Å². The maximum Gasteiger partial charge on any atom is 0.223 e. The highest BCUT2D eigenvalue weighted by molar-refractivity contribution is 5.80. The van der Waals surface area contributed by atoms with E-state index in [4.69, 9.17) is 0 Å². The van der Waals surface area contributed by atoms with Crippen molar-refractivity contribution < 1.29 is 4.79 Å². The number of rotatable bonds is 5. The Morgan fingerprint density at radius 3 is 2.80 bits per heavy atom. The largest absolute Gasteiger partial charge is 0.383 e. The minimum absolute atomic E-state index is 0.0496. The number of pyridine rings is 2. The van der Waals surface area contributed by atoms with E-state index in [0.717, 1.165) is 24.1 Å². The van der Waals surface area contributed by atoms with Crippen molar-refractivity contribution in [2.45, 2.75) is 31.3 Å². The fourth-order valence-electron chi connectivity index (χ4n) is 3.65. The maximum absolute atomic E-state index is 12.6. The molecule has 0 aromatic carbocycles. The lowest BCUT2D eigenvalue weighted by atomic mass is 9.94. The van der Waals surface area contributed by atoms with Crippen molar-refractivity contribution in [2.24, 2.45) is 5.92 Å². The fraction of sp³-hybridized carbons (Fsp3) is 0.368. The molecule has 1 aliphatic carbocycles. The molecule has 2 fully saturated rings. The van der Waals surface area contributed by atoms with E-state index >= 15 is 0 Å². The number of amides is 1. The first kappa shape index (κ1) is 15.6. The highest BCUT2D eigenvalue weighted by Crippen LogP contribution is 2.44. The molecule has 1 aliphatic heterocycles. The van der Waals surface area contributed by atoms with E-state index in [9.17, 15) is 10.1 Å². The predicted octanol–water partition coefficient (Wildman–Crippen LogP) is 2.51. The SMILES string of the molecule is N#Cc1cnccc1NC[C@@H]1CC(=O)N(C2CC2)[C@H]1c1cccnc1. The molecule has 0 bridgehead atoms. The molecule has 2 aliphatic rings.